The molecule has 5 aliphatic rings. The predicted molar refractivity (Wildman–Crippen MR) is 168 cm³/mol. The van der Waals surface area contributed by atoms with E-state index in [2.05, 4.69) is 70.1 Å². The van der Waals surface area contributed by atoms with Gasteiger partial charge in [0.05, 0.1) is 37.9 Å². The normalized spacial score (nSPS) is 46.0. The summed E-state index contributed by atoms with van der Waals surface area (Å²) in [6, 6.07) is -0.0495. The fourth-order valence-corrected chi connectivity index (χ4v) is 11.8. The average molecular weight is 612 g/mol. The summed E-state index contributed by atoms with van der Waals surface area (Å²) in [4.78, 5) is 13.4. The molecule has 0 spiro atoms. The number of fused-ring (bicyclic) bond motifs is 3. The summed E-state index contributed by atoms with van der Waals surface area (Å²) >= 11 is 0. The van der Waals surface area contributed by atoms with Crippen molar-refractivity contribution in [2.24, 2.45) is 62.4 Å². The second-order valence-corrected chi connectivity index (χ2v) is 17.6. The monoisotopic (exact) mass is 611 g/mol. The topological polar surface area (TPSA) is 125 Å². The molecule has 246 valence electrons. The van der Waals surface area contributed by atoms with Crippen LogP contribution in [0.25, 0.3) is 0 Å². The van der Waals surface area contributed by atoms with Crippen LogP contribution in [0.3, 0.4) is 0 Å². The highest BCUT2D eigenvalue weighted by molar-refractivity contribution is 5.73. The molecule has 3 N–H and O–H groups in total. The van der Waals surface area contributed by atoms with Gasteiger partial charge in [-0.3, -0.25) is 4.79 Å². The number of allylic oxidation sites excluding steroid dienone is 1. The number of nitrogens with two attached hydrogens (primary N) is 1. The number of nitrogens with zero attached hydrogens (tertiary/aromatic N) is 4. The smallest absolute Gasteiger partial charge is 0.307 e. The standard InChI is InChI=1S/C35H57N5O4/c1-21(2)22(3)31(6)14-15-33(8)23-10-11-26-32(7)18-43-19-35(26,24(23)12-13-34(33,9)27(31)29(41)42)16-25(40-20-37-38-39-40)28(32)44-17-30(4,5)36/h12,20-23,25-28H,10-11,13-19,36H2,1-9H3,(H,41,42)/t22-,23+,25-,26+,27-,28+,31-,32-,33-,34+,35+/m1/s1. The Labute approximate surface area is 264 Å². The van der Waals surface area contributed by atoms with Gasteiger partial charge in [-0.25, -0.2) is 4.68 Å². The highest BCUT2D eigenvalue weighted by atomic mass is 16.5. The maximum atomic E-state index is 13.4. The molecule has 1 aliphatic heterocycles. The molecule has 1 saturated heterocycles. The van der Waals surface area contributed by atoms with E-state index >= 15 is 0 Å². The van der Waals surface area contributed by atoms with E-state index in [1.165, 1.54) is 5.57 Å². The number of tetrazole rings is 1. The fraction of sp³-hybridized carbons (Fsp3) is 0.886. The molecular formula is C35H57N5O4. The van der Waals surface area contributed by atoms with Crippen molar-refractivity contribution in [1.82, 2.24) is 20.2 Å². The lowest BCUT2D eigenvalue weighted by atomic mass is 9.34. The summed E-state index contributed by atoms with van der Waals surface area (Å²) in [5.74, 6) is 0.445. The number of carbonyl (C=O) groups is 1. The molecule has 0 radical (unpaired) electrons. The number of aliphatic carboxylic acids is 1. The second-order valence-electron chi connectivity index (χ2n) is 17.6. The van der Waals surface area contributed by atoms with Gasteiger partial charge in [0.15, 0.2) is 0 Å². The van der Waals surface area contributed by atoms with Gasteiger partial charge in [-0.15, -0.1) is 5.10 Å². The summed E-state index contributed by atoms with van der Waals surface area (Å²) in [6.45, 7) is 21.9. The summed E-state index contributed by atoms with van der Waals surface area (Å²) in [5.41, 5.74) is 6.36. The first-order chi connectivity index (χ1) is 20.4. The van der Waals surface area contributed by atoms with Crippen LogP contribution in [0.2, 0.25) is 0 Å². The quantitative estimate of drug-likeness (QED) is 0.364. The third-order valence-electron chi connectivity index (χ3n) is 14.4. The van der Waals surface area contributed by atoms with Crippen LogP contribution in [-0.4, -0.2) is 62.7 Å². The molecule has 3 saturated carbocycles. The zero-order valence-electron chi connectivity index (χ0n) is 28.6. The van der Waals surface area contributed by atoms with Crippen molar-refractivity contribution < 1.29 is 19.4 Å². The van der Waals surface area contributed by atoms with Gasteiger partial charge in [0.1, 0.15) is 6.33 Å². The summed E-state index contributed by atoms with van der Waals surface area (Å²) in [6.07, 6.45) is 9.87. The van der Waals surface area contributed by atoms with E-state index < -0.39 is 17.4 Å². The zero-order chi connectivity index (χ0) is 32.1. The van der Waals surface area contributed by atoms with E-state index in [1.807, 2.05) is 18.5 Å². The van der Waals surface area contributed by atoms with Crippen molar-refractivity contribution in [3.63, 3.8) is 0 Å². The molecule has 6 rings (SSSR count). The van der Waals surface area contributed by atoms with Crippen molar-refractivity contribution in [3.05, 3.63) is 18.0 Å². The Morgan fingerprint density at radius 1 is 1.16 bits per heavy atom. The molecule has 0 unspecified atom stereocenters. The number of hydrogen-bond donors (Lipinski definition) is 2. The first-order valence-electron chi connectivity index (χ1n) is 17.1. The van der Waals surface area contributed by atoms with Crippen molar-refractivity contribution in [1.29, 1.82) is 0 Å². The van der Waals surface area contributed by atoms with Gasteiger partial charge in [-0.2, -0.15) is 0 Å². The highest BCUT2D eigenvalue weighted by Crippen LogP contribution is 2.75. The minimum absolute atomic E-state index is 0.0495. The lowest BCUT2D eigenvalue weighted by Crippen LogP contribution is -2.69. The maximum absolute atomic E-state index is 13.4. The van der Waals surface area contributed by atoms with Crippen LogP contribution >= 0.6 is 0 Å². The van der Waals surface area contributed by atoms with E-state index in [0.717, 1.165) is 38.5 Å². The summed E-state index contributed by atoms with van der Waals surface area (Å²) in [5, 5.41) is 23.4. The van der Waals surface area contributed by atoms with Gasteiger partial charge >= 0.3 is 5.97 Å². The van der Waals surface area contributed by atoms with Crippen LogP contribution in [0.15, 0.2) is 18.0 Å². The van der Waals surface area contributed by atoms with Crippen LogP contribution in [0.1, 0.15) is 107 Å². The van der Waals surface area contributed by atoms with Gasteiger partial charge in [0, 0.05) is 16.4 Å². The molecule has 11 atom stereocenters. The lowest BCUT2D eigenvalue weighted by Gasteiger charge is -2.71. The molecule has 9 nitrogen and oxygen atoms in total. The van der Waals surface area contributed by atoms with E-state index in [9.17, 15) is 9.90 Å². The number of carboxylic acids is 1. The number of ether oxygens (including phenoxy) is 2. The molecule has 0 aromatic carbocycles. The molecule has 4 aliphatic carbocycles. The molecule has 9 heteroatoms. The Morgan fingerprint density at radius 2 is 1.89 bits per heavy atom. The number of aromatic nitrogens is 4. The van der Waals surface area contributed by atoms with Gasteiger partial charge < -0.3 is 20.3 Å². The Bertz CT molecular complexity index is 1290. The Hall–Kier alpha value is -1.84. The molecule has 4 fully saturated rings. The van der Waals surface area contributed by atoms with Crippen LogP contribution < -0.4 is 5.73 Å². The highest BCUT2D eigenvalue weighted by Gasteiger charge is 2.72. The summed E-state index contributed by atoms with van der Waals surface area (Å²) < 4.78 is 15.3. The molecule has 44 heavy (non-hydrogen) atoms. The molecule has 2 heterocycles. The Balaban J connectivity index is 1.45. The van der Waals surface area contributed by atoms with Crippen molar-refractivity contribution in [2.45, 2.75) is 119 Å². The number of hydrogen-bond acceptors (Lipinski definition) is 7. The van der Waals surface area contributed by atoms with Gasteiger partial charge in [0.25, 0.3) is 0 Å². The number of carboxylic acid groups (broad SMARTS) is 1. The molecular weight excluding hydrogens is 554 g/mol. The predicted octanol–water partition coefficient (Wildman–Crippen LogP) is 5.93. The largest absolute Gasteiger partial charge is 0.481 e. The minimum atomic E-state index is -0.620. The minimum Gasteiger partial charge on any atom is -0.481 e. The van der Waals surface area contributed by atoms with Crippen molar-refractivity contribution >= 4 is 5.97 Å². The molecule has 0 amide bonds. The third-order valence-corrected chi connectivity index (χ3v) is 14.4. The lowest BCUT2D eigenvalue weighted by molar-refractivity contribution is -0.252. The van der Waals surface area contributed by atoms with E-state index in [1.54, 1.807) is 6.33 Å². The molecule has 2 bridgehead atoms. The molecule has 1 aromatic heterocycles. The van der Waals surface area contributed by atoms with Crippen LogP contribution in [0.4, 0.5) is 0 Å². The van der Waals surface area contributed by atoms with E-state index in [4.69, 9.17) is 15.2 Å². The van der Waals surface area contributed by atoms with Gasteiger partial charge in [0.2, 0.25) is 0 Å². The Kier molecular flexibility index (Phi) is 7.54. The van der Waals surface area contributed by atoms with Crippen LogP contribution in [0.5, 0.6) is 0 Å². The SMILES string of the molecule is CC(C)[C@@H](C)[C@@]1(C)CC[C@]2(C)[C@H]3CC[C@@H]4[C@@]5(COC[C@@]4(C)[C@@H](OCC(C)(C)N)[C@H](n4cnnn4)C5)C3=CC[C@@]2(C)[C@@H]1C(=O)O. The van der Waals surface area contributed by atoms with Gasteiger partial charge in [-0.05, 0) is 103 Å². The van der Waals surface area contributed by atoms with E-state index in [-0.39, 0.29) is 39.2 Å². The summed E-state index contributed by atoms with van der Waals surface area (Å²) in [7, 11) is 0. The fourth-order valence-electron chi connectivity index (χ4n) is 11.8. The van der Waals surface area contributed by atoms with Crippen molar-refractivity contribution in [3.8, 4) is 0 Å². The van der Waals surface area contributed by atoms with E-state index in [0.29, 0.717) is 43.5 Å². The Morgan fingerprint density at radius 3 is 2.50 bits per heavy atom. The van der Waals surface area contributed by atoms with Crippen molar-refractivity contribution in [2.75, 3.05) is 19.8 Å². The zero-order valence-corrected chi connectivity index (χ0v) is 28.6. The van der Waals surface area contributed by atoms with Crippen LogP contribution in [0, 0.1) is 56.7 Å². The first kappa shape index (κ1) is 32.1. The second kappa shape index (κ2) is 10.3. The number of rotatable bonds is 7. The third kappa shape index (κ3) is 4.34. The average Bonchev–Trinajstić information content (AvgIpc) is 3.46. The van der Waals surface area contributed by atoms with Gasteiger partial charge in [-0.1, -0.05) is 60.1 Å². The maximum Gasteiger partial charge on any atom is 0.307 e. The van der Waals surface area contributed by atoms with Crippen LogP contribution in [-0.2, 0) is 14.3 Å². The first-order valence-corrected chi connectivity index (χ1v) is 17.1. The molecule has 1 aromatic rings.